The number of carboxylic acid groups (broad SMARTS) is 1. The number of aliphatic carboxylic acids is 1. The maximum Gasteiger partial charge on any atom is 0.328 e. The van der Waals surface area contributed by atoms with Crippen LogP contribution in [-0.4, -0.2) is 38.8 Å². The molecule has 0 bridgehead atoms. The molecule has 0 saturated heterocycles. The predicted molar refractivity (Wildman–Crippen MR) is 77.9 cm³/mol. The van der Waals surface area contributed by atoms with E-state index in [0.717, 1.165) is 16.6 Å². The molecule has 112 valence electrons. The van der Waals surface area contributed by atoms with Crippen molar-refractivity contribution in [1.29, 1.82) is 0 Å². The molecular weight excluding hydrogens is 272 g/mol. The number of benzene rings is 1. The molecule has 0 aliphatic carbocycles. The smallest absolute Gasteiger partial charge is 0.328 e. The maximum atomic E-state index is 12.0. The highest BCUT2D eigenvalue weighted by atomic mass is 16.4. The number of aromatic nitrogens is 1. The van der Waals surface area contributed by atoms with Gasteiger partial charge in [0, 0.05) is 11.2 Å². The van der Waals surface area contributed by atoms with Crippen LogP contribution in [0.5, 0.6) is 0 Å². The van der Waals surface area contributed by atoms with Gasteiger partial charge in [0.1, 0.15) is 6.54 Å². The molecule has 0 unspecified atom stereocenters. The number of carbonyl (C=O) groups excluding carboxylic acids is 1. The average Bonchev–Trinajstić information content (AvgIpc) is 2.72. The number of aliphatic hydroxyl groups excluding tert-OH is 1. The summed E-state index contributed by atoms with van der Waals surface area (Å²) < 4.78 is 1.81. The van der Waals surface area contributed by atoms with Crippen molar-refractivity contribution in [2.24, 2.45) is 0 Å². The van der Waals surface area contributed by atoms with Crippen LogP contribution in [0, 0.1) is 6.92 Å². The first kappa shape index (κ1) is 15.1. The van der Waals surface area contributed by atoms with Gasteiger partial charge in [-0.15, -0.1) is 0 Å². The molecular formula is C15H18N2O4. The lowest BCUT2D eigenvalue weighted by atomic mass is 10.2. The Morgan fingerprint density at radius 2 is 2.00 bits per heavy atom. The minimum absolute atomic E-state index is 0.00977. The van der Waals surface area contributed by atoms with Gasteiger partial charge in [-0.25, -0.2) is 4.79 Å². The summed E-state index contributed by atoms with van der Waals surface area (Å²) in [6.07, 6.45) is -1.16. The molecule has 21 heavy (non-hydrogen) atoms. The fourth-order valence-corrected chi connectivity index (χ4v) is 2.31. The zero-order valence-corrected chi connectivity index (χ0v) is 11.9. The summed E-state index contributed by atoms with van der Waals surface area (Å²) in [6.45, 7) is 3.22. The highest BCUT2D eigenvalue weighted by Gasteiger charge is 2.25. The van der Waals surface area contributed by atoms with Crippen LogP contribution in [0.4, 0.5) is 0 Å². The van der Waals surface area contributed by atoms with Crippen molar-refractivity contribution in [1.82, 2.24) is 9.88 Å². The lowest BCUT2D eigenvalue weighted by Crippen LogP contribution is -2.48. The van der Waals surface area contributed by atoms with E-state index in [4.69, 9.17) is 5.11 Å². The third-order valence-electron chi connectivity index (χ3n) is 3.38. The van der Waals surface area contributed by atoms with Crippen molar-refractivity contribution in [3.05, 3.63) is 36.0 Å². The van der Waals surface area contributed by atoms with Crippen LogP contribution in [0.1, 0.15) is 12.6 Å². The molecule has 2 rings (SSSR count). The number of aryl methyl sites for hydroxylation is 1. The zero-order valence-electron chi connectivity index (χ0n) is 11.9. The largest absolute Gasteiger partial charge is 0.480 e. The lowest BCUT2D eigenvalue weighted by Gasteiger charge is -2.17. The van der Waals surface area contributed by atoms with Gasteiger partial charge in [-0.2, -0.15) is 0 Å². The van der Waals surface area contributed by atoms with Gasteiger partial charge in [0.15, 0.2) is 6.04 Å². The highest BCUT2D eigenvalue weighted by molar-refractivity contribution is 5.86. The number of hydrogen-bond donors (Lipinski definition) is 3. The predicted octanol–water partition coefficient (Wildman–Crippen LogP) is 0.900. The fourth-order valence-electron chi connectivity index (χ4n) is 2.31. The Morgan fingerprint density at radius 1 is 1.33 bits per heavy atom. The van der Waals surface area contributed by atoms with Crippen LogP contribution in [0.3, 0.4) is 0 Å². The number of aliphatic hydroxyl groups is 1. The van der Waals surface area contributed by atoms with Crippen molar-refractivity contribution in [2.45, 2.75) is 32.5 Å². The summed E-state index contributed by atoms with van der Waals surface area (Å²) in [6, 6.07) is 8.31. The summed E-state index contributed by atoms with van der Waals surface area (Å²) in [5, 5.41) is 21.7. The zero-order chi connectivity index (χ0) is 15.6. The molecule has 3 N–H and O–H groups in total. The maximum absolute atomic E-state index is 12.0. The first-order valence-corrected chi connectivity index (χ1v) is 6.65. The van der Waals surface area contributed by atoms with Crippen LogP contribution < -0.4 is 5.32 Å². The molecule has 1 aromatic carbocycles. The number of nitrogens with one attached hydrogen (secondary N) is 1. The first-order chi connectivity index (χ1) is 9.90. The normalized spacial score (nSPS) is 13.9. The SMILES string of the molecule is Cc1cc2ccccc2n1CC(=O)N[C@H](C(=O)O)[C@@H](C)O. The van der Waals surface area contributed by atoms with Crippen molar-refractivity contribution in [2.75, 3.05) is 0 Å². The minimum Gasteiger partial charge on any atom is -0.480 e. The number of para-hydroxylation sites is 1. The van der Waals surface area contributed by atoms with Crippen LogP contribution in [0.15, 0.2) is 30.3 Å². The summed E-state index contributed by atoms with van der Waals surface area (Å²) >= 11 is 0. The molecule has 0 aliphatic heterocycles. The first-order valence-electron chi connectivity index (χ1n) is 6.65. The van der Waals surface area contributed by atoms with Gasteiger partial charge in [-0.05, 0) is 31.4 Å². The summed E-state index contributed by atoms with van der Waals surface area (Å²) in [4.78, 5) is 23.0. The van der Waals surface area contributed by atoms with E-state index in [1.54, 1.807) is 0 Å². The molecule has 6 heteroatoms. The highest BCUT2D eigenvalue weighted by Crippen LogP contribution is 2.18. The van der Waals surface area contributed by atoms with Gasteiger partial charge >= 0.3 is 5.97 Å². The van der Waals surface area contributed by atoms with E-state index in [2.05, 4.69) is 5.32 Å². The van der Waals surface area contributed by atoms with E-state index >= 15 is 0 Å². The number of rotatable bonds is 5. The Hall–Kier alpha value is -2.34. The topological polar surface area (TPSA) is 91.6 Å². The number of carboxylic acids is 1. The fraction of sp³-hybridized carbons (Fsp3) is 0.333. The monoisotopic (exact) mass is 290 g/mol. The van der Waals surface area contributed by atoms with E-state index in [0.29, 0.717) is 0 Å². The Morgan fingerprint density at radius 3 is 2.62 bits per heavy atom. The average molecular weight is 290 g/mol. The second-order valence-electron chi connectivity index (χ2n) is 5.05. The van der Waals surface area contributed by atoms with Gasteiger partial charge in [0.25, 0.3) is 0 Å². The number of fused-ring (bicyclic) bond motifs is 1. The van der Waals surface area contributed by atoms with Gasteiger partial charge < -0.3 is 20.1 Å². The van der Waals surface area contributed by atoms with Crippen LogP contribution in [0.2, 0.25) is 0 Å². The molecule has 2 aromatic rings. The van der Waals surface area contributed by atoms with Gasteiger partial charge in [0.05, 0.1) is 6.10 Å². The quantitative estimate of drug-likeness (QED) is 0.763. The molecule has 1 heterocycles. The van der Waals surface area contributed by atoms with Gasteiger partial charge in [0.2, 0.25) is 5.91 Å². The second kappa shape index (κ2) is 5.97. The molecule has 6 nitrogen and oxygen atoms in total. The van der Waals surface area contributed by atoms with E-state index in [9.17, 15) is 14.7 Å². The number of amides is 1. The van der Waals surface area contributed by atoms with Crippen LogP contribution in [0.25, 0.3) is 10.9 Å². The van der Waals surface area contributed by atoms with Crippen LogP contribution in [-0.2, 0) is 16.1 Å². The molecule has 2 atom stereocenters. The Bertz CT molecular complexity index is 675. The van der Waals surface area contributed by atoms with E-state index in [1.165, 1.54) is 6.92 Å². The molecule has 0 aliphatic rings. The lowest BCUT2D eigenvalue weighted by molar-refractivity contribution is -0.144. The summed E-state index contributed by atoms with van der Waals surface area (Å²) in [5.74, 6) is -1.71. The second-order valence-corrected chi connectivity index (χ2v) is 5.05. The number of carbonyl (C=O) groups is 2. The van der Waals surface area contributed by atoms with E-state index in [-0.39, 0.29) is 6.54 Å². The summed E-state index contributed by atoms with van der Waals surface area (Å²) in [7, 11) is 0. The van der Waals surface area contributed by atoms with Crippen molar-refractivity contribution in [3.63, 3.8) is 0 Å². The molecule has 0 saturated carbocycles. The molecule has 0 spiro atoms. The Labute approximate surface area is 122 Å². The Kier molecular flexibility index (Phi) is 4.28. The van der Waals surface area contributed by atoms with Crippen LogP contribution >= 0.6 is 0 Å². The molecule has 1 aromatic heterocycles. The van der Waals surface area contributed by atoms with Gasteiger partial charge in [-0.3, -0.25) is 4.79 Å². The standard InChI is InChI=1S/C15H18N2O4/c1-9-7-11-5-3-4-6-12(11)17(9)8-13(19)16-14(10(2)18)15(20)21/h3-7,10,14,18H,8H2,1-2H3,(H,16,19)(H,20,21)/t10-,14+/m1/s1. The Balaban J connectivity index is 2.18. The number of hydrogen-bond acceptors (Lipinski definition) is 3. The third-order valence-corrected chi connectivity index (χ3v) is 3.38. The molecule has 0 radical (unpaired) electrons. The number of nitrogens with zero attached hydrogens (tertiary/aromatic N) is 1. The van der Waals surface area contributed by atoms with Crippen molar-refractivity contribution < 1.29 is 19.8 Å². The van der Waals surface area contributed by atoms with Crippen molar-refractivity contribution in [3.8, 4) is 0 Å². The summed E-state index contributed by atoms with van der Waals surface area (Å²) in [5.41, 5.74) is 1.82. The van der Waals surface area contributed by atoms with Crippen molar-refractivity contribution >= 4 is 22.8 Å². The third kappa shape index (κ3) is 3.22. The van der Waals surface area contributed by atoms with E-state index in [1.807, 2.05) is 41.8 Å². The molecule has 0 fully saturated rings. The van der Waals surface area contributed by atoms with Gasteiger partial charge in [-0.1, -0.05) is 18.2 Å². The minimum atomic E-state index is -1.31. The van der Waals surface area contributed by atoms with E-state index < -0.39 is 24.0 Å². The molecule has 1 amide bonds.